The standard InChI is InChI=1S/C11H18N4O3/c1-3-4-9-10(15(17)18)11(13(2)12-9)14-6-5-8(16)7-14/h8,16H,3-7H2,1-2H3/t8-/m1/s1. The number of nitro groups is 1. The number of hydrogen-bond acceptors (Lipinski definition) is 5. The van der Waals surface area contributed by atoms with Crippen LogP contribution in [0.15, 0.2) is 0 Å². The molecule has 0 amide bonds. The fourth-order valence-electron chi connectivity index (χ4n) is 2.44. The number of aliphatic hydroxyl groups is 1. The first-order valence-corrected chi connectivity index (χ1v) is 6.17. The summed E-state index contributed by atoms with van der Waals surface area (Å²) in [5, 5.41) is 25.0. The molecule has 1 N–H and O–H groups in total. The highest BCUT2D eigenvalue weighted by Gasteiger charge is 2.33. The second-order valence-corrected chi connectivity index (χ2v) is 4.64. The first-order valence-electron chi connectivity index (χ1n) is 6.17. The zero-order valence-corrected chi connectivity index (χ0v) is 10.7. The van der Waals surface area contributed by atoms with E-state index in [9.17, 15) is 15.2 Å². The van der Waals surface area contributed by atoms with Crippen LogP contribution >= 0.6 is 0 Å². The number of rotatable bonds is 4. The van der Waals surface area contributed by atoms with Crippen LogP contribution in [0.2, 0.25) is 0 Å². The lowest BCUT2D eigenvalue weighted by Gasteiger charge is -2.16. The maximum atomic E-state index is 11.2. The lowest BCUT2D eigenvalue weighted by atomic mass is 10.2. The van der Waals surface area contributed by atoms with Crippen molar-refractivity contribution in [2.45, 2.75) is 32.3 Å². The van der Waals surface area contributed by atoms with E-state index in [4.69, 9.17) is 0 Å². The minimum Gasteiger partial charge on any atom is -0.391 e. The highest BCUT2D eigenvalue weighted by atomic mass is 16.6. The van der Waals surface area contributed by atoms with E-state index in [1.807, 2.05) is 11.8 Å². The molecule has 0 unspecified atom stereocenters. The van der Waals surface area contributed by atoms with Gasteiger partial charge in [-0.1, -0.05) is 13.3 Å². The summed E-state index contributed by atoms with van der Waals surface area (Å²) in [6.07, 6.45) is 1.65. The lowest BCUT2D eigenvalue weighted by Crippen LogP contribution is -2.24. The molecule has 1 aliphatic heterocycles. The summed E-state index contributed by atoms with van der Waals surface area (Å²) in [4.78, 5) is 12.7. The summed E-state index contributed by atoms with van der Waals surface area (Å²) < 4.78 is 1.56. The Balaban J connectivity index is 2.42. The maximum absolute atomic E-state index is 11.2. The molecule has 1 aromatic rings. The highest BCUT2D eigenvalue weighted by Crippen LogP contribution is 2.33. The summed E-state index contributed by atoms with van der Waals surface area (Å²) in [5.74, 6) is 0.514. The van der Waals surface area contributed by atoms with Crippen molar-refractivity contribution in [3.8, 4) is 0 Å². The minimum atomic E-state index is -0.408. The van der Waals surface area contributed by atoms with E-state index >= 15 is 0 Å². The van der Waals surface area contributed by atoms with Gasteiger partial charge in [-0.3, -0.25) is 10.1 Å². The molecule has 1 fully saturated rings. The van der Waals surface area contributed by atoms with E-state index in [1.165, 1.54) is 0 Å². The molecule has 7 heteroatoms. The fraction of sp³-hybridized carbons (Fsp3) is 0.727. The molecule has 1 aromatic heterocycles. The van der Waals surface area contributed by atoms with Gasteiger partial charge in [-0.15, -0.1) is 0 Å². The molecule has 2 heterocycles. The molecule has 0 aromatic carbocycles. The molecule has 100 valence electrons. The smallest absolute Gasteiger partial charge is 0.334 e. The number of aromatic nitrogens is 2. The van der Waals surface area contributed by atoms with E-state index in [1.54, 1.807) is 11.7 Å². The first kappa shape index (κ1) is 12.8. The Kier molecular flexibility index (Phi) is 3.51. The van der Waals surface area contributed by atoms with Gasteiger partial charge in [-0.2, -0.15) is 5.10 Å². The molecule has 7 nitrogen and oxygen atoms in total. The third kappa shape index (κ3) is 2.17. The number of nitrogens with zero attached hydrogens (tertiary/aromatic N) is 4. The maximum Gasteiger partial charge on any atom is 0.334 e. The number of aliphatic hydroxyl groups excluding tert-OH is 1. The SMILES string of the molecule is CCCc1nn(C)c(N2CC[C@@H](O)C2)c1[N+](=O)[O-]. The first-order chi connectivity index (χ1) is 8.54. The Hall–Kier alpha value is -1.63. The monoisotopic (exact) mass is 254 g/mol. The van der Waals surface area contributed by atoms with Crippen LogP contribution in [-0.4, -0.2) is 39.0 Å². The topological polar surface area (TPSA) is 84.4 Å². The van der Waals surface area contributed by atoms with Crippen LogP contribution in [0, 0.1) is 10.1 Å². The quantitative estimate of drug-likeness (QED) is 0.636. The van der Waals surface area contributed by atoms with E-state index in [-0.39, 0.29) is 10.6 Å². The summed E-state index contributed by atoms with van der Waals surface area (Å²) >= 11 is 0. The van der Waals surface area contributed by atoms with Crippen LogP contribution in [0.4, 0.5) is 11.5 Å². The average Bonchev–Trinajstić information content (AvgIpc) is 2.83. The van der Waals surface area contributed by atoms with Crippen molar-refractivity contribution in [1.82, 2.24) is 9.78 Å². The van der Waals surface area contributed by atoms with Gasteiger partial charge in [0.15, 0.2) is 0 Å². The summed E-state index contributed by atoms with van der Waals surface area (Å²) in [6.45, 7) is 3.04. The Bertz CT molecular complexity index is 457. The zero-order chi connectivity index (χ0) is 13.3. The normalized spacial score (nSPS) is 19.5. The van der Waals surface area contributed by atoms with Gasteiger partial charge in [0.1, 0.15) is 5.69 Å². The van der Waals surface area contributed by atoms with E-state index in [0.717, 1.165) is 6.42 Å². The van der Waals surface area contributed by atoms with Gasteiger partial charge >= 0.3 is 5.69 Å². The Morgan fingerprint density at radius 3 is 2.83 bits per heavy atom. The van der Waals surface area contributed by atoms with Crippen LogP contribution in [0.5, 0.6) is 0 Å². The minimum absolute atomic E-state index is 0.0912. The van der Waals surface area contributed by atoms with E-state index in [0.29, 0.717) is 37.4 Å². The molecule has 0 spiro atoms. The molecule has 0 aliphatic carbocycles. The Labute approximate surface area is 105 Å². The third-order valence-corrected chi connectivity index (χ3v) is 3.19. The molecule has 0 saturated carbocycles. The van der Waals surface area contributed by atoms with Crippen molar-refractivity contribution in [2.75, 3.05) is 18.0 Å². The zero-order valence-electron chi connectivity index (χ0n) is 10.7. The van der Waals surface area contributed by atoms with Gasteiger partial charge in [-0.25, -0.2) is 4.68 Å². The second kappa shape index (κ2) is 4.93. The van der Waals surface area contributed by atoms with Crippen LogP contribution in [-0.2, 0) is 13.5 Å². The molecule has 1 saturated heterocycles. The van der Waals surface area contributed by atoms with Crippen LogP contribution in [0.3, 0.4) is 0 Å². The van der Waals surface area contributed by atoms with Gasteiger partial charge in [0.25, 0.3) is 0 Å². The highest BCUT2D eigenvalue weighted by molar-refractivity contribution is 5.62. The van der Waals surface area contributed by atoms with Crippen LogP contribution in [0.1, 0.15) is 25.5 Å². The molecular weight excluding hydrogens is 236 g/mol. The van der Waals surface area contributed by atoms with Crippen molar-refractivity contribution in [3.63, 3.8) is 0 Å². The molecule has 2 rings (SSSR count). The van der Waals surface area contributed by atoms with Crippen LogP contribution in [0.25, 0.3) is 0 Å². The van der Waals surface area contributed by atoms with Crippen molar-refractivity contribution in [3.05, 3.63) is 15.8 Å². The predicted molar refractivity (Wildman–Crippen MR) is 66.7 cm³/mol. The third-order valence-electron chi connectivity index (χ3n) is 3.19. The fourth-order valence-corrected chi connectivity index (χ4v) is 2.44. The average molecular weight is 254 g/mol. The molecule has 0 bridgehead atoms. The molecule has 0 radical (unpaired) electrons. The largest absolute Gasteiger partial charge is 0.391 e. The van der Waals surface area contributed by atoms with Gasteiger partial charge in [0.2, 0.25) is 5.82 Å². The van der Waals surface area contributed by atoms with Gasteiger partial charge in [-0.05, 0) is 12.8 Å². The number of anilines is 1. The Morgan fingerprint density at radius 1 is 1.61 bits per heavy atom. The summed E-state index contributed by atoms with van der Waals surface area (Å²) in [5.41, 5.74) is 0.620. The van der Waals surface area contributed by atoms with Crippen molar-refractivity contribution >= 4 is 11.5 Å². The van der Waals surface area contributed by atoms with Crippen molar-refractivity contribution in [2.24, 2.45) is 7.05 Å². The van der Waals surface area contributed by atoms with E-state index < -0.39 is 6.10 Å². The number of β-amino-alcohol motifs (C(OH)–C–C–N with tert-alkyl or cyclic N) is 1. The number of aryl methyl sites for hydroxylation is 2. The van der Waals surface area contributed by atoms with Gasteiger partial charge < -0.3 is 10.0 Å². The van der Waals surface area contributed by atoms with Crippen molar-refractivity contribution in [1.29, 1.82) is 0 Å². The summed E-state index contributed by atoms with van der Waals surface area (Å²) in [6, 6.07) is 0. The lowest BCUT2D eigenvalue weighted by molar-refractivity contribution is -0.384. The molecular formula is C11H18N4O3. The van der Waals surface area contributed by atoms with Crippen molar-refractivity contribution < 1.29 is 10.0 Å². The molecule has 1 aliphatic rings. The number of hydrogen-bond donors (Lipinski definition) is 1. The second-order valence-electron chi connectivity index (χ2n) is 4.64. The van der Waals surface area contributed by atoms with Gasteiger partial charge in [0, 0.05) is 20.1 Å². The van der Waals surface area contributed by atoms with Gasteiger partial charge in [0.05, 0.1) is 11.0 Å². The van der Waals surface area contributed by atoms with Crippen LogP contribution < -0.4 is 4.90 Å². The van der Waals surface area contributed by atoms with E-state index in [2.05, 4.69) is 5.10 Å². The molecule has 1 atom stereocenters. The summed E-state index contributed by atoms with van der Waals surface area (Å²) in [7, 11) is 1.71. The molecule has 18 heavy (non-hydrogen) atoms. The Morgan fingerprint density at radius 2 is 2.33 bits per heavy atom. The predicted octanol–water partition coefficient (Wildman–Crippen LogP) is 0.852.